The summed E-state index contributed by atoms with van der Waals surface area (Å²) < 4.78 is 50.9. The van der Waals surface area contributed by atoms with Gasteiger partial charge in [-0.2, -0.15) is 4.72 Å². The molecule has 2 aliphatic carbocycles. The molecule has 2 unspecified atom stereocenters. The van der Waals surface area contributed by atoms with Crippen molar-refractivity contribution < 1.29 is 16.8 Å². The van der Waals surface area contributed by atoms with Crippen molar-refractivity contribution in [1.29, 1.82) is 0 Å². The molecule has 4 atom stereocenters. The summed E-state index contributed by atoms with van der Waals surface area (Å²) in [6.07, 6.45) is 5.84. The molecule has 10 heteroatoms. The predicted molar refractivity (Wildman–Crippen MR) is 89.4 cm³/mol. The van der Waals surface area contributed by atoms with E-state index >= 15 is 0 Å². The zero-order valence-corrected chi connectivity index (χ0v) is 14.8. The molecule has 0 amide bonds. The van der Waals surface area contributed by atoms with E-state index < -0.39 is 31.1 Å². The van der Waals surface area contributed by atoms with Gasteiger partial charge in [-0.1, -0.05) is 23.8 Å². The third-order valence-corrected chi connectivity index (χ3v) is 7.84. The van der Waals surface area contributed by atoms with Gasteiger partial charge < -0.3 is 5.32 Å². The van der Waals surface area contributed by atoms with E-state index in [1.165, 1.54) is 6.07 Å². The molecule has 1 fully saturated rings. The lowest BCUT2D eigenvalue weighted by Gasteiger charge is -2.35. The molecule has 3 aliphatic rings. The Morgan fingerprint density at radius 2 is 1.96 bits per heavy atom. The molecule has 24 heavy (non-hydrogen) atoms. The lowest BCUT2D eigenvalue weighted by atomic mass is 9.91. The van der Waals surface area contributed by atoms with Crippen molar-refractivity contribution in [2.45, 2.75) is 28.8 Å². The fourth-order valence-electron chi connectivity index (χ4n) is 3.92. The quantitative estimate of drug-likeness (QED) is 0.657. The Bertz CT molecular complexity index is 958. The van der Waals surface area contributed by atoms with Crippen molar-refractivity contribution >= 4 is 37.3 Å². The molecule has 7 nitrogen and oxygen atoms in total. The molecule has 1 aliphatic heterocycles. The van der Waals surface area contributed by atoms with Crippen molar-refractivity contribution in [1.82, 2.24) is 4.72 Å². The van der Waals surface area contributed by atoms with E-state index in [-0.39, 0.29) is 15.8 Å². The zero-order chi connectivity index (χ0) is 17.3. The lowest BCUT2D eigenvalue weighted by Crippen LogP contribution is -2.50. The van der Waals surface area contributed by atoms with E-state index in [1.54, 1.807) is 0 Å². The van der Waals surface area contributed by atoms with Crippen LogP contribution in [-0.4, -0.2) is 23.0 Å². The third kappa shape index (κ3) is 2.55. The highest BCUT2D eigenvalue weighted by atomic mass is 35.5. The lowest BCUT2D eigenvalue weighted by molar-refractivity contribution is 0.363. The van der Waals surface area contributed by atoms with Crippen LogP contribution in [0.15, 0.2) is 34.1 Å². The fraction of sp³-hybridized carbons (Fsp3) is 0.429. The Hall–Kier alpha value is -1.13. The standard InChI is InChI=1S/C14H16ClN3O4S2/c15-10-5-11-13(6-12(10)23(16,19)20)24(21,22)18-14(17-11)9-4-7-1-2-8(9)3-7/h1-2,5-9,14,17-18H,3-4H2,(H2,16,19,20)/t7-,8+,9?,14?/m0/s1. The van der Waals surface area contributed by atoms with Crippen molar-refractivity contribution in [2.75, 3.05) is 5.32 Å². The van der Waals surface area contributed by atoms with Gasteiger partial charge in [0.15, 0.2) is 0 Å². The molecule has 0 aromatic heterocycles. The van der Waals surface area contributed by atoms with E-state index in [0.29, 0.717) is 17.5 Å². The highest BCUT2D eigenvalue weighted by molar-refractivity contribution is 7.90. The van der Waals surface area contributed by atoms with Crippen LogP contribution in [0.5, 0.6) is 0 Å². The van der Waals surface area contributed by atoms with Crippen LogP contribution >= 0.6 is 11.6 Å². The monoisotopic (exact) mass is 389 g/mol. The number of nitrogens with one attached hydrogen (secondary N) is 2. The smallest absolute Gasteiger partial charge is 0.244 e. The Kier molecular flexibility index (Phi) is 3.53. The van der Waals surface area contributed by atoms with E-state index in [2.05, 4.69) is 22.2 Å². The maximum atomic E-state index is 12.6. The van der Waals surface area contributed by atoms with Crippen LogP contribution in [-0.2, 0) is 20.0 Å². The van der Waals surface area contributed by atoms with E-state index in [0.717, 1.165) is 18.9 Å². The molecule has 1 saturated carbocycles. The number of rotatable bonds is 2. The fourth-order valence-corrected chi connectivity index (χ4v) is 6.47. The van der Waals surface area contributed by atoms with Gasteiger partial charge in [-0.25, -0.2) is 22.0 Å². The first-order chi connectivity index (χ1) is 11.1. The summed E-state index contributed by atoms with van der Waals surface area (Å²) in [6, 6.07) is 2.31. The van der Waals surface area contributed by atoms with Crippen molar-refractivity contribution in [3.05, 3.63) is 29.3 Å². The van der Waals surface area contributed by atoms with Crippen molar-refractivity contribution in [2.24, 2.45) is 22.9 Å². The van der Waals surface area contributed by atoms with Crippen molar-refractivity contribution in [3.8, 4) is 0 Å². The summed E-state index contributed by atoms with van der Waals surface area (Å²) in [4.78, 5) is -0.567. The summed E-state index contributed by atoms with van der Waals surface area (Å²) >= 11 is 5.98. The van der Waals surface area contributed by atoms with Crippen LogP contribution in [0.3, 0.4) is 0 Å². The van der Waals surface area contributed by atoms with Crippen molar-refractivity contribution in [3.63, 3.8) is 0 Å². The van der Waals surface area contributed by atoms with Gasteiger partial charge in [0, 0.05) is 5.92 Å². The molecule has 0 saturated heterocycles. The minimum Gasteiger partial charge on any atom is -0.368 e. The summed E-state index contributed by atoms with van der Waals surface area (Å²) in [6.45, 7) is 0. The molecule has 130 valence electrons. The van der Waals surface area contributed by atoms with Crippen LogP contribution in [0.1, 0.15) is 12.8 Å². The number of fused-ring (bicyclic) bond motifs is 3. The van der Waals surface area contributed by atoms with Gasteiger partial charge in [-0.3, -0.25) is 0 Å². The Morgan fingerprint density at radius 3 is 2.54 bits per heavy atom. The highest BCUT2D eigenvalue weighted by Gasteiger charge is 2.44. The van der Waals surface area contributed by atoms with Crippen LogP contribution in [0, 0.1) is 17.8 Å². The molecular formula is C14H16ClN3O4S2. The molecule has 1 aromatic rings. The molecule has 0 spiro atoms. The van der Waals surface area contributed by atoms with E-state index in [9.17, 15) is 16.8 Å². The van der Waals surface area contributed by atoms with Gasteiger partial charge in [-0.05, 0) is 36.8 Å². The number of hydrogen-bond donors (Lipinski definition) is 3. The Labute approximate surface area is 145 Å². The van der Waals surface area contributed by atoms with E-state index in [1.807, 2.05) is 0 Å². The molecule has 1 aromatic carbocycles. The highest BCUT2D eigenvalue weighted by Crippen LogP contribution is 2.46. The molecule has 1 heterocycles. The SMILES string of the molecule is NS(=O)(=O)c1cc2c(cc1Cl)NC(C1C[C@H]3C=C[C@@H]1C3)NS2(=O)=O. The second kappa shape index (κ2) is 5.18. The minimum absolute atomic E-state index is 0.104. The van der Waals surface area contributed by atoms with Crippen LogP contribution in [0.25, 0.3) is 0 Å². The van der Waals surface area contributed by atoms with Gasteiger partial charge in [0.2, 0.25) is 20.0 Å². The molecule has 4 N–H and O–H groups in total. The van der Waals surface area contributed by atoms with Gasteiger partial charge in [0.25, 0.3) is 0 Å². The number of anilines is 1. The number of hydrogen-bond acceptors (Lipinski definition) is 5. The van der Waals surface area contributed by atoms with Crippen LogP contribution in [0.2, 0.25) is 5.02 Å². The number of nitrogens with two attached hydrogens (primary N) is 1. The van der Waals surface area contributed by atoms with Gasteiger partial charge in [0.1, 0.15) is 9.79 Å². The summed E-state index contributed by atoms with van der Waals surface area (Å²) in [5.74, 6) is 0.997. The molecular weight excluding hydrogens is 374 g/mol. The minimum atomic E-state index is -4.11. The van der Waals surface area contributed by atoms with Gasteiger partial charge in [-0.15, -0.1) is 0 Å². The Balaban J connectivity index is 1.76. The molecule has 4 rings (SSSR count). The van der Waals surface area contributed by atoms with Crippen LogP contribution in [0.4, 0.5) is 5.69 Å². The number of primary sulfonamides is 1. The molecule has 0 radical (unpaired) electrons. The zero-order valence-electron chi connectivity index (χ0n) is 12.4. The number of benzene rings is 1. The topological polar surface area (TPSA) is 118 Å². The predicted octanol–water partition coefficient (Wildman–Crippen LogP) is 1.23. The summed E-state index contributed by atoms with van der Waals surface area (Å²) in [5, 5.41) is 8.14. The maximum Gasteiger partial charge on any atom is 0.244 e. The normalized spacial score (nSPS) is 33.2. The van der Waals surface area contributed by atoms with Gasteiger partial charge >= 0.3 is 0 Å². The Morgan fingerprint density at radius 1 is 1.21 bits per heavy atom. The summed E-state index contributed by atoms with van der Waals surface area (Å²) in [5.41, 5.74) is 0.294. The second-order valence-electron chi connectivity index (χ2n) is 6.51. The third-order valence-electron chi connectivity index (χ3n) is 4.98. The number of sulfonamides is 2. The largest absolute Gasteiger partial charge is 0.368 e. The first kappa shape index (κ1) is 16.3. The second-order valence-corrected chi connectivity index (χ2v) is 10.1. The maximum absolute atomic E-state index is 12.6. The van der Waals surface area contributed by atoms with E-state index in [4.69, 9.17) is 16.7 Å². The first-order valence-electron chi connectivity index (χ1n) is 7.49. The summed E-state index contributed by atoms with van der Waals surface area (Å²) in [7, 11) is -7.97. The average molecular weight is 390 g/mol. The van der Waals surface area contributed by atoms with Crippen LogP contribution < -0.4 is 15.2 Å². The average Bonchev–Trinajstić information content (AvgIpc) is 3.06. The number of allylic oxidation sites excluding steroid dienone is 2. The van der Waals surface area contributed by atoms with Gasteiger partial charge in [0.05, 0.1) is 16.9 Å². The number of halogens is 1. The molecule has 2 bridgehead atoms. The first-order valence-corrected chi connectivity index (χ1v) is 10.9.